The number of carboxylic acids is 1. The highest BCUT2D eigenvalue weighted by Gasteiger charge is 2.30. The summed E-state index contributed by atoms with van der Waals surface area (Å²) in [7, 11) is 0. The summed E-state index contributed by atoms with van der Waals surface area (Å²) >= 11 is 9.62. The van der Waals surface area contributed by atoms with Crippen molar-refractivity contribution in [2.24, 2.45) is 5.92 Å². The van der Waals surface area contributed by atoms with Gasteiger partial charge in [0.2, 0.25) is 5.91 Å². The van der Waals surface area contributed by atoms with Gasteiger partial charge in [-0.1, -0.05) is 27.5 Å². The smallest absolute Gasteiger partial charge is 0.315 e. The first-order chi connectivity index (χ1) is 8.91. The standard InChI is InChI=1S/C13H13BrClNO3/c1-7(13(18)19)12(17)16-5-4-8-9(6-16)11(15)3-2-10(8)14/h2-3,7H,4-6H2,1H3,(H,18,19). The van der Waals surface area contributed by atoms with Crippen molar-refractivity contribution in [3.8, 4) is 0 Å². The Hall–Kier alpha value is -1.07. The topological polar surface area (TPSA) is 57.6 Å². The molecule has 2 rings (SSSR count). The second-order valence-corrected chi connectivity index (χ2v) is 5.82. The number of halogens is 2. The highest BCUT2D eigenvalue weighted by Crippen LogP contribution is 2.32. The van der Waals surface area contributed by atoms with Crippen LogP contribution >= 0.6 is 27.5 Å². The van der Waals surface area contributed by atoms with E-state index in [1.807, 2.05) is 6.07 Å². The molecule has 0 saturated carbocycles. The van der Waals surface area contributed by atoms with Crippen LogP contribution in [0.25, 0.3) is 0 Å². The van der Waals surface area contributed by atoms with Crippen molar-refractivity contribution >= 4 is 39.4 Å². The maximum Gasteiger partial charge on any atom is 0.315 e. The van der Waals surface area contributed by atoms with Gasteiger partial charge < -0.3 is 10.0 Å². The normalized spacial score (nSPS) is 15.8. The molecule has 19 heavy (non-hydrogen) atoms. The number of aliphatic carboxylic acids is 1. The predicted molar refractivity (Wildman–Crippen MR) is 75.1 cm³/mol. The van der Waals surface area contributed by atoms with Crippen molar-refractivity contribution in [1.82, 2.24) is 4.90 Å². The zero-order chi connectivity index (χ0) is 14.2. The maximum absolute atomic E-state index is 12.0. The molecule has 0 fully saturated rings. The molecule has 1 aromatic carbocycles. The monoisotopic (exact) mass is 345 g/mol. The zero-order valence-electron chi connectivity index (χ0n) is 10.3. The second kappa shape index (κ2) is 5.51. The van der Waals surface area contributed by atoms with Crippen LogP contribution < -0.4 is 0 Å². The predicted octanol–water partition coefficient (Wildman–Crippen LogP) is 2.71. The van der Waals surface area contributed by atoms with Gasteiger partial charge in [-0.3, -0.25) is 9.59 Å². The number of fused-ring (bicyclic) bond motifs is 1. The van der Waals surface area contributed by atoms with E-state index in [1.165, 1.54) is 6.92 Å². The molecule has 0 radical (unpaired) electrons. The first-order valence-corrected chi connectivity index (χ1v) is 7.06. The van der Waals surface area contributed by atoms with Gasteiger partial charge in [-0.15, -0.1) is 0 Å². The van der Waals surface area contributed by atoms with E-state index < -0.39 is 11.9 Å². The molecule has 1 unspecified atom stereocenters. The Labute approximate surface area is 124 Å². The molecule has 1 atom stereocenters. The van der Waals surface area contributed by atoms with Crippen LogP contribution in [0.1, 0.15) is 18.1 Å². The number of amides is 1. The molecular weight excluding hydrogens is 334 g/mol. The Bertz CT molecular complexity index is 547. The Kier molecular flexibility index (Phi) is 4.16. The van der Waals surface area contributed by atoms with E-state index in [1.54, 1.807) is 11.0 Å². The second-order valence-electron chi connectivity index (χ2n) is 4.56. The van der Waals surface area contributed by atoms with Crippen LogP contribution in [0.2, 0.25) is 5.02 Å². The number of nitrogens with zero attached hydrogens (tertiary/aromatic N) is 1. The summed E-state index contributed by atoms with van der Waals surface area (Å²) in [5.74, 6) is -2.49. The van der Waals surface area contributed by atoms with Gasteiger partial charge in [-0.2, -0.15) is 0 Å². The minimum atomic E-state index is -1.10. The Morgan fingerprint density at radius 2 is 2.11 bits per heavy atom. The molecule has 0 saturated heterocycles. The van der Waals surface area contributed by atoms with Gasteiger partial charge in [0.15, 0.2) is 0 Å². The molecule has 1 heterocycles. The van der Waals surface area contributed by atoms with Crippen LogP contribution in [0.3, 0.4) is 0 Å². The maximum atomic E-state index is 12.0. The largest absolute Gasteiger partial charge is 0.481 e. The van der Waals surface area contributed by atoms with E-state index in [-0.39, 0.29) is 5.91 Å². The van der Waals surface area contributed by atoms with E-state index in [9.17, 15) is 9.59 Å². The summed E-state index contributed by atoms with van der Waals surface area (Å²) in [6.45, 7) is 2.29. The van der Waals surface area contributed by atoms with Crippen molar-refractivity contribution in [1.29, 1.82) is 0 Å². The zero-order valence-corrected chi connectivity index (χ0v) is 12.7. The van der Waals surface area contributed by atoms with Crippen molar-refractivity contribution in [2.75, 3.05) is 6.54 Å². The van der Waals surface area contributed by atoms with Crippen LogP contribution in [-0.2, 0) is 22.6 Å². The van der Waals surface area contributed by atoms with Crippen LogP contribution in [0.15, 0.2) is 16.6 Å². The van der Waals surface area contributed by atoms with Crippen LogP contribution in [-0.4, -0.2) is 28.4 Å². The summed E-state index contributed by atoms with van der Waals surface area (Å²) in [6, 6.07) is 3.66. The number of hydrogen-bond acceptors (Lipinski definition) is 2. The summed E-state index contributed by atoms with van der Waals surface area (Å²) in [6.07, 6.45) is 0.675. The van der Waals surface area contributed by atoms with Gasteiger partial charge in [0.05, 0.1) is 0 Å². The average molecular weight is 347 g/mol. The van der Waals surface area contributed by atoms with Gasteiger partial charge in [0.25, 0.3) is 0 Å². The van der Waals surface area contributed by atoms with E-state index in [0.717, 1.165) is 15.6 Å². The minimum Gasteiger partial charge on any atom is -0.481 e. The number of carbonyl (C=O) groups is 2. The highest BCUT2D eigenvalue weighted by molar-refractivity contribution is 9.10. The average Bonchev–Trinajstić information content (AvgIpc) is 2.41. The van der Waals surface area contributed by atoms with Gasteiger partial charge in [0.1, 0.15) is 5.92 Å². The third-order valence-corrected chi connectivity index (χ3v) is 4.45. The number of carbonyl (C=O) groups excluding carboxylic acids is 1. The fourth-order valence-corrected chi connectivity index (χ4v) is 2.97. The van der Waals surface area contributed by atoms with Gasteiger partial charge in [-0.25, -0.2) is 0 Å². The quantitative estimate of drug-likeness (QED) is 0.838. The molecule has 1 aromatic rings. The lowest BCUT2D eigenvalue weighted by Crippen LogP contribution is -2.41. The Balaban J connectivity index is 2.25. The molecule has 0 aliphatic carbocycles. The van der Waals surface area contributed by atoms with Gasteiger partial charge >= 0.3 is 5.97 Å². The molecule has 1 amide bonds. The van der Waals surface area contributed by atoms with Crippen LogP contribution in [0, 0.1) is 5.92 Å². The molecular formula is C13H13BrClNO3. The molecule has 102 valence electrons. The minimum absolute atomic E-state index is 0.365. The summed E-state index contributed by atoms with van der Waals surface area (Å²) < 4.78 is 0.977. The molecule has 4 nitrogen and oxygen atoms in total. The van der Waals surface area contributed by atoms with E-state index in [2.05, 4.69) is 15.9 Å². The molecule has 1 aliphatic heterocycles. The Morgan fingerprint density at radius 3 is 2.74 bits per heavy atom. The number of carboxylic acid groups (broad SMARTS) is 1. The third-order valence-electron chi connectivity index (χ3n) is 3.35. The lowest BCUT2D eigenvalue weighted by atomic mass is 9.98. The van der Waals surface area contributed by atoms with Crippen LogP contribution in [0.5, 0.6) is 0 Å². The molecule has 1 aliphatic rings. The molecule has 1 N–H and O–H groups in total. The Morgan fingerprint density at radius 1 is 1.42 bits per heavy atom. The number of rotatable bonds is 2. The summed E-state index contributed by atoms with van der Waals surface area (Å²) in [4.78, 5) is 24.5. The summed E-state index contributed by atoms with van der Waals surface area (Å²) in [5.41, 5.74) is 1.99. The third kappa shape index (κ3) is 2.77. The molecule has 6 heteroatoms. The fraction of sp³-hybridized carbons (Fsp3) is 0.385. The van der Waals surface area contributed by atoms with Crippen LogP contribution in [0.4, 0.5) is 0 Å². The number of hydrogen-bond donors (Lipinski definition) is 1. The van der Waals surface area contributed by atoms with Gasteiger partial charge in [-0.05, 0) is 36.6 Å². The molecule has 0 bridgehead atoms. The first-order valence-electron chi connectivity index (χ1n) is 5.89. The first kappa shape index (κ1) is 14.3. The number of benzene rings is 1. The summed E-state index contributed by atoms with van der Waals surface area (Å²) in [5, 5.41) is 9.51. The molecule has 0 spiro atoms. The fourth-order valence-electron chi connectivity index (χ4n) is 2.16. The molecule has 0 aromatic heterocycles. The van der Waals surface area contributed by atoms with E-state index >= 15 is 0 Å². The van der Waals surface area contributed by atoms with Gasteiger partial charge in [0, 0.05) is 22.6 Å². The highest BCUT2D eigenvalue weighted by atomic mass is 79.9. The van der Waals surface area contributed by atoms with E-state index in [4.69, 9.17) is 16.7 Å². The SMILES string of the molecule is CC(C(=O)O)C(=O)N1CCc2c(Br)ccc(Cl)c2C1. The van der Waals surface area contributed by atoms with Crippen molar-refractivity contribution in [3.63, 3.8) is 0 Å². The van der Waals surface area contributed by atoms with E-state index in [0.29, 0.717) is 24.5 Å². The van der Waals surface area contributed by atoms with Crippen molar-refractivity contribution < 1.29 is 14.7 Å². The lowest BCUT2D eigenvalue weighted by molar-refractivity contribution is -0.150. The van der Waals surface area contributed by atoms with Crippen molar-refractivity contribution in [2.45, 2.75) is 19.9 Å². The lowest BCUT2D eigenvalue weighted by Gasteiger charge is -2.31. The van der Waals surface area contributed by atoms with Crippen molar-refractivity contribution in [3.05, 3.63) is 32.8 Å².